The predicted octanol–water partition coefficient (Wildman–Crippen LogP) is 2.92. The summed E-state index contributed by atoms with van der Waals surface area (Å²) in [4.78, 5) is 5.72. The molecule has 16 heavy (non-hydrogen) atoms. The number of aromatic nitrogens is 1. The van der Waals surface area contributed by atoms with E-state index in [1.165, 1.54) is 9.88 Å². The van der Waals surface area contributed by atoms with Crippen molar-refractivity contribution in [2.45, 2.75) is 45.7 Å². The van der Waals surface area contributed by atoms with Gasteiger partial charge in [-0.15, -0.1) is 11.3 Å². The monoisotopic (exact) mass is 242 g/mol. The SMILES string of the molecule is CCC(NC(C)CCOC)c1ncc(C)s1. The zero-order valence-corrected chi connectivity index (χ0v) is 11.4. The highest BCUT2D eigenvalue weighted by Gasteiger charge is 2.15. The highest BCUT2D eigenvalue weighted by atomic mass is 32.1. The second-order valence-electron chi connectivity index (χ2n) is 4.12. The summed E-state index contributed by atoms with van der Waals surface area (Å²) in [5, 5.41) is 4.80. The topological polar surface area (TPSA) is 34.1 Å². The zero-order valence-electron chi connectivity index (χ0n) is 10.6. The van der Waals surface area contributed by atoms with E-state index in [0.29, 0.717) is 12.1 Å². The Morgan fingerprint density at radius 1 is 1.56 bits per heavy atom. The summed E-state index contributed by atoms with van der Waals surface area (Å²) in [6.07, 6.45) is 4.06. The number of ether oxygens (including phenoxy) is 1. The molecule has 0 aliphatic rings. The Bertz CT molecular complexity index is 301. The largest absolute Gasteiger partial charge is 0.385 e. The lowest BCUT2D eigenvalue weighted by molar-refractivity contribution is 0.182. The Balaban J connectivity index is 2.48. The van der Waals surface area contributed by atoms with Crippen LogP contribution in [0.5, 0.6) is 0 Å². The Labute approximate surface area is 102 Å². The molecule has 2 atom stereocenters. The molecule has 0 saturated carbocycles. The van der Waals surface area contributed by atoms with E-state index in [-0.39, 0.29) is 0 Å². The smallest absolute Gasteiger partial charge is 0.110 e. The molecular formula is C12H22N2OS. The number of rotatable bonds is 7. The van der Waals surface area contributed by atoms with Crippen LogP contribution in [0, 0.1) is 6.92 Å². The minimum atomic E-state index is 0.380. The Morgan fingerprint density at radius 2 is 2.31 bits per heavy atom. The summed E-state index contributed by atoms with van der Waals surface area (Å²) >= 11 is 1.78. The number of hydrogen-bond acceptors (Lipinski definition) is 4. The maximum absolute atomic E-state index is 5.08. The third kappa shape index (κ3) is 4.20. The first kappa shape index (κ1) is 13.6. The van der Waals surface area contributed by atoms with Crippen LogP contribution in [-0.2, 0) is 4.74 Å². The van der Waals surface area contributed by atoms with Gasteiger partial charge in [-0.25, -0.2) is 4.98 Å². The van der Waals surface area contributed by atoms with Gasteiger partial charge in [0.05, 0.1) is 6.04 Å². The molecule has 2 unspecified atom stereocenters. The van der Waals surface area contributed by atoms with Gasteiger partial charge in [-0.1, -0.05) is 6.92 Å². The van der Waals surface area contributed by atoms with Gasteiger partial charge in [0.15, 0.2) is 0 Å². The average molecular weight is 242 g/mol. The number of thiazole rings is 1. The first-order valence-corrected chi connectivity index (χ1v) is 6.66. The number of nitrogens with zero attached hydrogens (tertiary/aromatic N) is 1. The second kappa shape index (κ2) is 6.99. The molecule has 0 radical (unpaired) electrons. The van der Waals surface area contributed by atoms with Crippen LogP contribution in [0.25, 0.3) is 0 Å². The summed E-state index contributed by atoms with van der Waals surface area (Å²) < 4.78 is 5.08. The van der Waals surface area contributed by atoms with Crippen molar-refractivity contribution < 1.29 is 4.74 Å². The normalized spacial score (nSPS) is 15.0. The summed E-state index contributed by atoms with van der Waals surface area (Å²) in [5.41, 5.74) is 0. The van der Waals surface area contributed by atoms with Crippen LogP contribution < -0.4 is 5.32 Å². The molecule has 92 valence electrons. The van der Waals surface area contributed by atoms with Crippen LogP contribution in [0.3, 0.4) is 0 Å². The lowest BCUT2D eigenvalue weighted by Crippen LogP contribution is -2.31. The van der Waals surface area contributed by atoms with E-state index in [1.54, 1.807) is 18.4 Å². The summed E-state index contributed by atoms with van der Waals surface area (Å²) in [6, 6.07) is 0.847. The molecule has 0 spiro atoms. The van der Waals surface area contributed by atoms with Crippen molar-refractivity contribution >= 4 is 11.3 Å². The van der Waals surface area contributed by atoms with Gasteiger partial charge in [0.1, 0.15) is 5.01 Å². The average Bonchev–Trinajstić information content (AvgIpc) is 2.69. The molecular weight excluding hydrogens is 220 g/mol. The highest BCUT2D eigenvalue weighted by molar-refractivity contribution is 7.11. The number of hydrogen-bond donors (Lipinski definition) is 1. The fraction of sp³-hybridized carbons (Fsp3) is 0.750. The molecule has 1 aromatic rings. The quantitative estimate of drug-likeness (QED) is 0.798. The Kier molecular flexibility index (Phi) is 5.95. The van der Waals surface area contributed by atoms with Crippen molar-refractivity contribution in [1.82, 2.24) is 10.3 Å². The lowest BCUT2D eigenvalue weighted by Gasteiger charge is -2.20. The van der Waals surface area contributed by atoms with Crippen LogP contribution in [0.15, 0.2) is 6.20 Å². The summed E-state index contributed by atoms with van der Waals surface area (Å²) in [5.74, 6) is 0. The minimum Gasteiger partial charge on any atom is -0.385 e. The fourth-order valence-corrected chi connectivity index (χ4v) is 2.54. The molecule has 0 aromatic carbocycles. The van der Waals surface area contributed by atoms with Crippen LogP contribution in [-0.4, -0.2) is 24.7 Å². The maximum atomic E-state index is 5.08. The molecule has 0 amide bonds. The van der Waals surface area contributed by atoms with Gasteiger partial charge in [0.25, 0.3) is 0 Å². The standard InChI is InChI=1S/C12H22N2OS/c1-5-11(12-13-8-10(3)16-12)14-9(2)6-7-15-4/h8-9,11,14H,5-7H2,1-4H3. The van der Waals surface area contributed by atoms with Crippen molar-refractivity contribution in [3.63, 3.8) is 0 Å². The molecule has 1 aromatic heterocycles. The zero-order chi connectivity index (χ0) is 12.0. The number of aryl methyl sites for hydroxylation is 1. The van der Waals surface area contributed by atoms with Crippen LogP contribution in [0.1, 0.15) is 42.6 Å². The van der Waals surface area contributed by atoms with Gasteiger partial charge < -0.3 is 10.1 Å². The Morgan fingerprint density at radius 3 is 2.81 bits per heavy atom. The van der Waals surface area contributed by atoms with Gasteiger partial charge in [-0.05, 0) is 26.7 Å². The molecule has 0 fully saturated rings. The fourth-order valence-electron chi connectivity index (χ4n) is 1.62. The molecule has 1 N–H and O–H groups in total. The van der Waals surface area contributed by atoms with E-state index in [2.05, 4.69) is 31.1 Å². The molecule has 0 aliphatic heterocycles. The molecule has 1 rings (SSSR count). The van der Waals surface area contributed by atoms with Gasteiger partial charge in [0.2, 0.25) is 0 Å². The second-order valence-corrected chi connectivity index (χ2v) is 5.39. The third-order valence-electron chi connectivity index (χ3n) is 2.59. The van der Waals surface area contributed by atoms with Crippen LogP contribution in [0.4, 0.5) is 0 Å². The minimum absolute atomic E-state index is 0.380. The van der Waals surface area contributed by atoms with Crippen LogP contribution in [0.2, 0.25) is 0 Å². The molecule has 0 bridgehead atoms. The summed E-state index contributed by atoms with van der Waals surface area (Å²) in [6.45, 7) is 7.29. The summed E-state index contributed by atoms with van der Waals surface area (Å²) in [7, 11) is 1.74. The van der Waals surface area contributed by atoms with E-state index in [9.17, 15) is 0 Å². The number of nitrogens with one attached hydrogen (secondary N) is 1. The third-order valence-corrected chi connectivity index (χ3v) is 3.61. The molecule has 0 aliphatic carbocycles. The van der Waals surface area contributed by atoms with Crippen molar-refractivity contribution in [2.24, 2.45) is 0 Å². The van der Waals surface area contributed by atoms with Crippen LogP contribution >= 0.6 is 11.3 Å². The van der Waals surface area contributed by atoms with Crippen molar-refractivity contribution in [3.05, 3.63) is 16.1 Å². The predicted molar refractivity (Wildman–Crippen MR) is 69.0 cm³/mol. The highest BCUT2D eigenvalue weighted by Crippen LogP contribution is 2.22. The van der Waals surface area contributed by atoms with E-state index in [1.807, 2.05) is 6.20 Å². The number of methoxy groups -OCH3 is 1. The van der Waals surface area contributed by atoms with Gasteiger partial charge >= 0.3 is 0 Å². The van der Waals surface area contributed by atoms with E-state index in [4.69, 9.17) is 4.74 Å². The van der Waals surface area contributed by atoms with Crippen molar-refractivity contribution in [1.29, 1.82) is 0 Å². The Hall–Kier alpha value is -0.450. The molecule has 4 heteroatoms. The van der Waals surface area contributed by atoms with Crippen molar-refractivity contribution in [2.75, 3.05) is 13.7 Å². The first-order chi connectivity index (χ1) is 7.67. The molecule has 0 saturated heterocycles. The lowest BCUT2D eigenvalue weighted by atomic mass is 10.1. The van der Waals surface area contributed by atoms with Gasteiger partial charge in [0, 0.05) is 30.8 Å². The van der Waals surface area contributed by atoms with E-state index in [0.717, 1.165) is 19.4 Å². The van der Waals surface area contributed by atoms with Gasteiger partial charge in [-0.3, -0.25) is 0 Å². The maximum Gasteiger partial charge on any atom is 0.110 e. The molecule has 1 heterocycles. The van der Waals surface area contributed by atoms with E-state index >= 15 is 0 Å². The van der Waals surface area contributed by atoms with Gasteiger partial charge in [-0.2, -0.15) is 0 Å². The molecule has 3 nitrogen and oxygen atoms in total. The van der Waals surface area contributed by atoms with E-state index < -0.39 is 0 Å². The first-order valence-electron chi connectivity index (χ1n) is 5.84. The van der Waals surface area contributed by atoms with Crippen molar-refractivity contribution in [3.8, 4) is 0 Å².